The summed E-state index contributed by atoms with van der Waals surface area (Å²) in [6.45, 7) is 4.86. The molecular weight excluding hydrogens is 469 g/mol. The second-order valence-electron chi connectivity index (χ2n) is 9.30. The van der Waals surface area contributed by atoms with Gasteiger partial charge in [0.05, 0.1) is 50.8 Å². The third-order valence-electron chi connectivity index (χ3n) is 5.64. The van der Waals surface area contributed by atoms with E-state index in [9.17, 15) is 23.1 Å². The Labute approximate surface area is 204 Å². The van der Waals surface area contributed by atoms with Gasteiger partial charge in [0.15, 0.2) is 6.29 Å². The van der Waals surface area contributed by atoms with Gasteiger partial charge in [-0.1, -0.05) is 13.8 Å². The van der Waals surface area contributed by atoms with Crippen molar-refractivity contribution in [3.63, 3.8) is 0 Å². The zero-order valence-electron chi connectivity index (χ0n) is 20.3. The average Bonchev–Trinajstić information content (AvgIpc) is 2.80. The highest BCUT2D eigenvalue weighted by molar-refractivity contribution is 7.99. The van der Waals surface area contributed by atoms with Gasteiger partial charge in [0.25, 0.3) is 0 Å². The Balaban J connectivity index is 2.05. The minimum atomic E-state index is -1.23. The Kier molecular flexibility index (Phi) is 11.6. The van der Waals surface area contributed by atoms with Crippen LogP contribution in [0, 0.1) is 11.2 Å². The molecule has 10 heteroatoms. The van der Waals surface area contributed by atoms with E-state index in [0.717, 1.165) is 17.1 Å². The van der Waals surface area contributed by atoms with E-state index >= 15 is 0 Å². The smallest absolute Gasteiger partial charge is 0.217 e. The number of carbonyl (C=O) groups is 1. The topological polar surface area (TPSA) is 79.8 Å². The highest BCUT2D eigenvalue weighted by Crippen LogP contribution is 2.24. The van der Waals surface area contributed by atoms with Gasteiger partial charge in [0.2, 0.25) is 5.91 Å². The highest BCUT2D eigenvalue weighted by Gasteiger charge is 2.37. The minimum Gasteiger partial charge on any atom is -0.389 e. The summed E-state index contributed by atoms with van der Waals surface area (Å²) in [6.07, 6.45) is -0.581. The zero-order chi connectivity index (χ0) is 25.3. The standard InChI is InChI=1S/C24H37F3N2O4S/c1-5-6-34-19-8-17(7-18(27)10-19)9-20(29-16(3)30)22(31)21-11-32-23(15(2)28-21)33-14-24(4,12-25)13-26/h7-8,10,15,20-23,28,31H,5-6,9,11-14H2,1-4H3,(H,29,30). The van der Waals surface area contributed by atoms with Crippen LogP contribution in [0.15, 0.2) is 23.1 Å². The van der Waals surface area contributed by atoms with Crippen molar-refractivity contribution >= 4 is 17.7 Å². The Morgan fingerprint density at radius 1 is 1.38 bits per heavy atom. The van der Waals surface area contributed by atoms with Crippen LogP contribution in [0.3, 0.4) is 0 Å². The first-order chi connectivity index (χ1) is 16.1. The first-order valence-electron chi connectivity index (χ1n) is 11.6. The summed E-state index contributed by atoms with van der Waals surface area (Å²) < 4.78 is 51.6. The van der Waals surface area contributed by atoms with Crippen LogP contribution in [-0.4, -0.2) is 73.8 Å². The second-order valence-corrected chi connectivity index (χ2v) is 10.5. The van der Waals surface area contributed by atoms with Gasteiger partial charge < -0.3 is 25.2 Å². The highest BCUT2D eigenvalue weighted by atomic mass is 32.2. The fraction of sp³-hybridized carbons (Fsp3) is 0.708. The van der Waals surface area contributed by atoms with Crippen LogP contribution in [0.5, 0.6) is 0 Å². The predicted molar refractivity (Wildman–Crippen MR) is 127 cm³/mol. The van der Waals surface area contributed by atoms with Gasteiger partial charge in [-0.15, -0.1) is 11.8 Å². The molecule has 6 nitrogen and oxygen atoms in total. The zero-order valence-corrected chi connectivity index (χ0v) is 21.1. The Hall–Kier alpha value is -1.33. The van der Waals surface area contributed by atoms with Crippen molar-refractivity contribution in [2.24, 2.45) is 5.41 Å². The number of nitrogens with one attached hydrogen (secondary N) is 2. The predicted octanol–water partition coefficient (Wildman–Crippen LogP) is 3.40. The lowest BCUT2D eigenvalue weighted by molar-refractivity contribution is -0.205. The largest absolute Gasteiger partial charge is 0.389 e. The summed E-state index contributed by atoms with van der Waals surface area (Å²) in [5, 5.41) is 17.0. The number of alkyl halides is 2. The average molecular weight is 507 g/mol. The van der Waals surface area contributed by atoms with Crippen LogP contribution >= 0.6 is 11.8 Å². The lowest BCUT2D eigenvalue weighted by atomic mass is 9.95. The molecule has 1 aromatic carbocycles. The van der Waals surface area contributed by atoms with Crippen LogP contribution in [-0.2, 0) is 20.7 Å². The van der Waals surface area contributed by atoms with Crippen molar-refractivity contribution in [3.8, 4) is 0 Å². The molecule has 0 aromatic heterocycles. The number of rotatable bonds is 13. The summed E-state index contributed by atoms with van der Waals surface area (Å²) in [4.78, 5) is 12.6. The summed E-state index contributed by atoms with van der Waals surface area (Å²) in [6, 6.07) is 3.15. The lowest BCUT2D eigenvalue weighted by Crippen LogP contribution is -2.62. The van der Waals surface area contributed by atoms with Crippen LogP contribution < -0.4 is 10.6 Å². The minimum absolute atomic E-state index is 0.0645. The quantitative estimate of drug-likeness (QED) is 0.356. The van der Waals surface area contributed by atoms with E-state index in [-0.39, 0.29) is 37.4 Å². The van der Waals surface area contributed by atoms with Gasteiger partial charge in [0, 0.05) is 17.2 Å². The SMILES string of the molecule is CCCSc1cc(F)cc(CC(NC(C)=O)C(O)C2COC(OCC(C)(CF)CF)C(C)N2)c1. The van der Waals surface area contributed by atoms with E-state index in [1.165, 1.54) is 26.0 Å². The first kappa shape index (κ1) is 28.9. The molecule has 5 atom stereocenters. The van der Waals surface area contributed by atoms with E-state index < -0.39 is 43.2 Å². The number of carbonyl (C=O) groups excluding carboxylic acids is 1. The Bertz CT molecular complexity index is 785. The van der Waals surface area contributed by atoms with E-state index in [1.54, 1.807) is 18.7 Å². The van der Waals surface area contributed by atoms with Crippen LogP contribution in [0.2, 0.25) is 0 Å². The molecule has 0 radical (unpaired) electrons. The number of ether oxygens (including phenoxy) is 2. The molecule has 5 unspecified atom stereocenters. The van der Waals surface area contributed by atoms with Gasteiger partial charge in [-0.3, -0.25) is 13.6 Å². The number of hydrogen-bond donors (Lipinski definition) is 3. The normalized spacial score (nSPS) is 22.9. The van der Waals surface area contributed by atoms with Crippen molar-refractivity contribution < 1.29 is 32.5 Å². The maximum atomic E-state index is 14.2. The molecule has 1 saturated heterocycles. The van der Waals surface area contributed by atoms with Crippen molar-refractivity contribution in [2.45, 2.75) is 76.0 Å². The number of amides is 1. The van der Waals surface area contributed by atoms with Crippen molar-refractivity contribution in [1.29, 1.82) is 0 Å². The number of benzene rings is 1. The third kappa shape index (κ3) is 8.71. The molecular formula is C24H37F3N2O4S. The van der Waals surface area contributed by atoms with Crippen molar-refractivity contribution in [2.75, 3.05) is 32.3 Å². The molecule has 1 aromatic rings. The molecule has 2 rings (SSSR count). The Morgan fingerprint density at radius 2 is 2.09 bits per heavy atom. The van der Waals surface area contributed by atoms with Gasteiger partial charge in [-0.05, 0) is 49.3 Å². The molecule has 1 amide bonds. The van der Waals surface area contributed by atoms with E-state index in [4.69, 9.17) is 9.47 Å². The van der Waals surface area contributed by atoms with Crippen LogP contribution in [0.1, 0.15) is 39.7 Å². The number of thioether (sulfide) groups is 1. The molecule has 0 aliphatic carbocycles. The number of halogens is 3. The monoisotopic (exact) mass is 506 g/mol. The van der Waals surface area contributed by atoms with Gasteiger partial charge in [-0.25, -0.2) is 4.39 Å². The summed E-state index contributed by atoms with van der Waals surface area (Å²) in [5.74, 6) is 0.179. The van der Waals surface area contributed by atoms with E-state index in [2.05, 4.69) is 10.6 Å². The molecule has 1 heterocycles. The fourth-order valence-corrected chi connectivity index (χ4v) is 4.56. The van der Waals surface area contributed by atoms with Gasteiger partial charge in [-0.2, -0.15) is 0 Å². The molecule has 1 aliphatic rings. The molecule has 0 saturated carbocycles. The van der Waals surface area contributed by atoms with Crippen LogP contribution in [0.25, 0.3) is 0 Å². The third-order valence-corrected chi connectivity index (χ3v) is 6.82. The molecule has 34 heavy (non-hydrogen) atoms. The lowest BCUT2D eigenvalue weighted by Gasteiger charge is -2.40. The maximum absolute atomic E-state index is 14.2. The van der Waals surface area contributed by atoms with Gasteiger partial charge >= 0.3 is 0 Å². The fourth-order valence-electron chi connectivity index (χ4n) is 3.69. The van der Waals surface area contributed by atoms with Crippen molar-refractivity contribution in [3.05, 3.63) is 29.6 Å². The molecule has 194 valence electrons. The molecule has 3 N–H and O–H groups in total. The number of aliphatic hydroxyl groups excluding tert-OH is 1. The second kappa shape index (κ2) is 13.7. The summed E-state index contributed by atoms with van der Waals surface area (Å²) in [5.41, 5.74) is -0.561. The van der Waals surface area contributed by atoms with E-state index in [0.29, 0.717) is 5.56 Å². The number of hydrogen-bond acceptors (Lipinski definition) is 6. The maximum Gasteiger partial charge on any atom is 0.217 e. The van der Waals surface area contributed by atoms with Crippen LogP contribution in [0.4, 0.5) is 13.2 Å². The van der Waals surface area contributed by atoms with E-state index in [1.807, 2.05) is 13.0 Å². The first-order valence-corrected chi connectivity index (χ1v) is 12.6. The number of morpholine rings is 1. The molecule has 0 spiro atoms. The molecule has 1 aliphatic heterocycles. The van der Waals surface area contributed by atoms with Gasteiger partial charge in [0.1, 0.15) is 5.82 Å². The summed E-state index contributed by atoms with van der Waals surface area (Å²) in [7, 11) is 0. The number of aliphatic hydroxyl groups is 1. The molecule has 0 bridgehead atoms. The molecule has 1 fully saturated rings. The Morgan fingerprint density at radius 3 is 2.68 bits per heavy atom. The summed E-state index contributed by atoms with van der Waals surface area (Å²) >= 11 is 1.55. The van der Waals surface area contributed by atoms with Crippen molar-refractivity contribution in [1.82, 2.24) is 10.6 Å².